The molecular weight excluding hydrogens is 568 g/mol. The number of hydrogen-bond donors (Lipinski definition) is 1. The number of hydrogen-bond acceptors (Lipinski definition) is 5. The highest BCUT2D eigenvalue weighted by atomic mass is 35.5. The van der Waals surface area contributed by atoms with Crippen LogP contribution in [-0.2, 0) is 26.2 Å². The molecule has 0 fully saturated rings. The van der Waals surface area contributed by atoms with Gasteiger partial charge in [-0.25, -0.2) is 12.8 Å². The Morgan fingerprint density at radius 2 is 1.67 bits per heavy atom. The molecule has 1 atom stereocenters. The van der Waals surface area contributed by atoms with E-state index in [1.165, 1.54) is 61.4 Å². The smallest absolute Gasteiger partial charge is 0.264 e. The zero-order chi connectivity index (χ0) is 28.7. The maximum Gasteiger partial charge on any atom is 0.264 e. The molecule has 1 unspecified atom stereocenters. The third-order valence-corrected chi connectivity index (χ3v) is 8.29. The van der Waals surface area contributed by atoms with Crippen LogP contribution in [0.1, 0.15) is 19.4 Å². The monoisotopic (exact) mass is 595 g/mol. The fourth-order valence-corrected chi connectivity index (χ4v) is 5.63. The van der Waals surface area contributed by atoms with Crippen LogP contribution >= 0.6 is 23.2 Å². The summed E-state index contributed by atoms with van der Waals surface area (Å²) >= 11 is 12.4. The molecule has 3 aromatic rings. The summed E-state index contributed by atoms with van der Waals surface area (Å²) in [6, 6.07) is 14.1. The molecule has 1 N–H and O–H groups in total. The first-order valence-corrected chi connectivity index (χ1v) is 14.1. The Kier molecular flexibility index (Phi) is 10.2. The predicted molar refractivity (Wildman–Crippen MR) is 149 cm³/mol. The third kappa shape index (κ3) is 7.40. The van der Waals surface area contributed by atoms with E-state index in [0.29, 0.717) is 22.9 Å². The minimum Gasteiger partial charge on any atom is -0.497 e. The van der Waals surface area contributed by atoms with Crippen molar-refractivity contribution in [3.05, 3.63) is 88.2 Å². The van der Waals surface area contributed by atoms with Gasteiger partial charge in [-0.1, -0.05) is 29.3 Å². The lowest BCUT2D eigenvalue weighted by Gasteiger charge is -2.32. The van der Waals surface area contributed by atoms with Gasteiger partial charge in [0, 0.05) is 23.1 Å². The van der Waals surface area contributed by atoms with E-state index < -0.39 is 40.2 Å². The van der Waals surface area contributed by atoms with Crippen molar-refractivity contribution < 1.29 is 27.1 Å². The minimum atomic E-state index is -4.30. The van der Waals surface area contributed by atoms with Gasteiger partial charge in [-0.3, -0.25) is 13.9 Å². The lowest BCUT2D eigenvalue weighted by atomic mass is 10.1. The van der Waals surface area contributed by atoms with Crippen molar-refractivity contribution in [2.45, 2.75) is 31.3 Å². The fourth-order valence-electron chi connectivity index (χ4n) is 3.75. The molecular formula is C27H28Cl2FN3O5S. The van der Waals surface area contributed by atoms with Gasteiger partial charge in [-0.15, -0.1) is 0 Å². The molecule has 0 spiro atoms. The Bertz CT molecular complexity index is 1420. The van der Waals surface area contributed by atoms with Gasteiger partial charge in [0.25, 0.3) is 10.0 Å². The number of sulfonamides is 1. The molecule has 8 nitrogen and oxygen atoms in total. The normalized spacial score (nSPS) is 11.9. The van der Waals surface area contributed by atoms with Crippen LogP contribution in [0.15, 0.2) is 71.6 Å². The molecule has 208 valence electrons. The van der Waals surface area contributed by atoms with Crippen molar-refractivity contribution in [3.63, 3.8) is 0 Å². The number of likely N-dealkylation sites (N-methyl/N-ethyl adjacent to an activating group) is 1. The van der Waals surface area contributed by atoms with Crippen molar-refractivity contribution in [2.24, 2.45) is 0 Å². The number of carbonyl (C=O) groups excluding carboxylic acids is 2. The van der Waals surface area contributed by atoms with E-state index >= 15 is 0 Å². The number of amides is 2. The second-order valence-corrected chi connectivity index (χ2v) is 11.2. The summed E-state index contributed by atoms with van der Waals surface area (Å²) in [7, 11) is -2.85. The van der Waals surface area contributed by atoms with Gasteiger partial charge in [0.15, 0.2) is 0 Å². The van der Waals surface area contributed by atoms with Crippen LogP contribution in [0.4, 0.5) is 10.1 Å². The molecule has 0 bridgehead atoms. The molecule has 0 radical (unpaired) electrons. The molecule has 12 heteroatoms. The number of anilines is 1. The van der Waals surface area contributed by atoms with Crippen LogP contribution < -0.4 is 14.4 Å². The highest BCUT2D eigenvalue weighted by molar-refractivity contribution is 7.92. The maximum atomic E-state index is 13.8. The number of carbonyl (C=O) groups is 2. The van der Waals surface area contributed by atoms with Crippen LogP contribution in [-0.4, -0.2) is 51.4 Å². The first-order valence-electron chi connectivity index (χ1n) is 11.9. The summed E-state index contributed by atoms with van der Waals surface area (Å²) in [4.78, 5) is 27.7. The highest BCUT2D eigenvalue weighted by Gasteiger charge is 2.32. The van der Waals surface area contributed by atoms with Crippen molar-refractivity contribution in [2.75, 3.05) is 24.5 Å². The van der Waals surface area contributed by atoms with E-state index in [-0.39, 0.29) is 22.2 Å². The summed E-state index contributed by atoms with van der Waals surface area (Å²) in [5, 5.41) is 3.35. The number of ether oxygens (including phenoxy) is 1. The van der Waals surface area contributed by atoms with Crippen molar-refractivity contribution >= 4 is 50.7 Å². The molecule has 0 saturated carbocycles. The zero-order valence-corrected chi connectivity index (χ0v) is 23.9. The molecule has 0 aliphatic heterocycles. The van der Waals surface area contributed by atoms with Gasteiger partial charge < -0.3 is 15.0 Å². The van der Waals surface area contributed by atoms with Gasteiger partial charge in [-0.2, -0.15) is 0 Å². The lowest BCUT2D eigenvalue weighted by molar-refractivity contribution is -0.139. The first-order chi connectivity index (χ1) is 18.5. The number of methoxy groups -OCH3 is 1. The van der Waals surface area contributed by atoms with E-state index in [2.05, 4.69) is 5.32 Å². The number of halogens is 3. The minimum absolute atomic E-state index is 0.0655. The molecule has 0 aliphatic rings. The Hall–Kier alpha value is -3.34. The Labute approximate surface area is 237 Å². The van der Waals surface area contributed by atoms with Crippen LogP contribution in [0.25, 0.3) is 0 Å². The number of nitrogens with one attached hydrogen (secondary N) is 1. The average Bonchev–Trinajstić information content (AvgIpc) is 2.91. The molecule has 0 saturated heterocycles. The van der Waals surface area contributed by atoms with E-state index in [0.717, 1.165) is 16.4 Å². The van der Waals surface area contributed by atoms with Crippen LogP contribution in [0.5, 0.6) is 5.75 Å². The molecule has 39 heavy (non-hydrogen) atoms. The molecule has 3 rings (SSSR count). The maximum absolute atomic E-state index is 13.8. The largest absolute Gasteiger partial charge is 0.497 e. The Morgan fingerprint density at radius 3 is 2.23 bits per heavy atom. The molecule has 0 heterocycles. The number of benzene rings is 3. The van der Waals surface area contributed by atoms with Gasteiger partial charge in [0.2, 0.25) is 11.8 Å². The van der Waals surface area contributed by atoms with E-state index in [4.69, 9.17) is 27.9 Å². The standard InChI is InChI=1S/C27H28Cl2FN3O5S/c1-4-31-27(35)18(2)32(16-19-5-6-20(28)15-25(19)29)26(34)17-33(22-9-7-21(30)8-10-22)39(36,37)24-13-11-23(38-3)12-14-24/h5-15,18H,4,16-17H2,1-3H3,(H,31,35). The quantitative estimate of drug-likeness (QED) is 0.340. The second-order valence-electron chi connectivity index (χ2n) is 8.49. The SMILES string of the molecule is CCNC(=O)C(C)N(Cc1ccc(Cl)cc1Cl)C(=O)CN(c1ccc(F)cc1)S(=O)(=O)c1ccc(OC)cc1. The number of rotatable bonds is 11. The first kappa shape index (κ1) is 30.2. The summed E-state index contributed by atoms with van der Waals surface area (Å²) in [6.07, 6.45) is 0. The van der Waals surface area contributed by atoms with Crippen LogP contribution in [0.2, 0.25) is 10.0 Å². The molecule has 0 aliphatic carbocycles. The van der Waals surface area contributed by atoms with Crippen molar-refractivity contribution in [3.8, 4) is 5.75 Å². The predicted octanol–water partition coefficient (Wildman–Crippen LogP) is 4.89. The van der Waals surface area contributed by atoms with E-state index in [1.54, 1.807) is 19.1 Å². The average molecular weight is 597 g/mol. The van der Waals surface area contributed by atoms with Crippen molar-refractivity contribution in [1.82, 2.24) is 10.2 Å². The topological polar surface area (TPSA) is 96.0 Å². The van der Waals surface area contributed by atoms with Gasteiger partial charge >= 0.3 is 0 Å². The van der Waals surface area contributed by atoms with Crippen molar-refractivity contribution in [1.29, 1.82) is 0 Å². The summed E-state index contributed by atoms with van der Waals surface area (Å²) in [5.74, 6) is -1.24. The lowest BCUT2D eigenvalue weighted by Crippen LogP contribution is -2.51. The molecule has 0 aromatic heterocycles. The summed E-state index contributed by atoms with van der Waals surface area (Å²) < 4.78 is 47.2. The van der Waals surface area contributed by atoms with Crippen LogP contribution in [0, 0.1) is 5.82 Å². The van der Waals surface area contributed by atoms with Gasteiger partial charge in [0.1, 0.15) is 24.2 Å². The fraction of sp³-hybridized carbons (Fsp3) is 0.259. The second kappa shape index (κ2) is 13.1. The summed E-state index contributed by atoms with van der Waals surface area (Å²) in [6.45, 7) is 2.85. The Balaban J connectivity index is 2.04. The van der Waals surface area contributed by atoms with E-state index in [9.17, 15) is 22.4 Å². The highest BCUT2D eigenvalue weighted by Crippen LogP contribution is 2.27. The number of nitrogens with zero attached hydrogens (tertiary/aromatic N) is 2. The van der Waals surface area contributed by atoms with Gasteiger partial charge in [0.05, 0.1) is 17.7 Å². The third-order valence-electron chi connectivity index (χ3n) is 5.92. The molecule has 2 amide bonds. The Morgan fingerprint density at radius 1 is 1.03 bits per heavy atom. The van der Waals surface area contributed by atoms with Crippen LogP contribution in [0.3, 0.4) is 0 Å². The zero-order valence-electron chi connectivity index (χ0n) is 21.5. The molecule has 3 aromatic carbocycles. The van der Waals surface area contributed by atoms with E-state index in [1.807, 2.05) is 0 Å². The van der Waals surface area contributed by atoms with Gasteiger partial charge in [-0.05, 0) is 80.1 Å². The summed E-state index contributed by atoms with van der Waals surface area (Å²) in [5.41, 5.74) is 0.576.